The number of carbonyl (C=O) groups is 1. The minimum atomic E-state index is 0.168. The minimum absolute atomic E-state index is 0.168. The van der Waals surface area contributed by atoms with Gasteiger partial charge in [0.2, 0.25) is 5.91 Å². The smallest absolute Gasteiger partial charge is 0.228 e. The number of H-pyrrole nitrogens is 1. The van der Waals surface area contributed by atoms with Crippen molar-refractivity contribution in [1.29, 1.82) is 0 Å². The molecule has 0 bridgehead atoms. The molecule has 1 fully saturated rings. The third kappa shape index (κ3) is 3.60. The van der Waals surface area contributed by atoms with E-state index in [-0.39, 0.29) is 5.91 Å². The van der Waals surface area contributed by atoms with Crippen molar-refractivity contribution in [3.05, 3.63) is 41.2 Å². The maximum Gasteiger partial charge on any atom is 0.228 e. The lowest BCUT2D eigenvalue weighted by molar-refractivity contribution is -0.130. The van der Waals surface area contributed by atoms with Crippen LogP contribution in [0.5, 0.6) is 0 Å². The van der Waals surface area contributed by atoms with Crippen LogP contribution < -0.4 is 0 Å². The molecule has 0 unspecified atom stereocenters. The van der Waals surface area contributed by atoms with E-state index in [0.717, 1.165) is 41.7 Å². The van der Waals surface area contributed by atoms with Gasteiger partial charge in [-0.1, -0.05) is 11.6 Å². The van der Waals surface area contributed by atoms with Crippen LogP contribution in [-0.4, -0.2) is 45.4 Å². The zero-order valence-electron chi connectivity index (χ0n) is 11.5. The predicted molar refractivity (Wildman–Crippen MR) is 86.6 cm³/mol. The van der Waals surface area contributed by atoms with Crippen molar-refractivity contribution in [2.24, 2.45) is 0 Å². The zero-order chi connectivity index (χ0) is 14.7. The fourth-order valence-corrected chi connectivity index (χ4v) is 3.32. The highest BCUT2D eigenvalue weighted by Gasteiger charge is 2.17. The number of nitrogens with one attached hydrogen (secondary N) is 1. The lowest BCUT2D eigenvalue weighted by Crippen LogP contribution is -2.38. The van der Waals surface area contributed by atoms with Gasteiger partial charge >= 0.3 is 0 Å². The van der Waals surface area contributed by atoms with Crippen molar-refractivity contribution >= 4 is 29.3 Å². The average molecular weight is 322 g/mol. The molecule has 6 heteroatoms. The normalized spacial score (nSPS) is 15.2. The Morgan fingerprint density at radius 2 is 2.00 bits per heavy atom. The molecule has 2 heterocycles. The molecule has 0 atom stereocenters. The fraction of sp³-hybridized carbons (Fsp3) is 0.333. The second-order valence-electron chi connectivity index (χ2n) is 4.93. The quantitative estimate of drug-likeness (QED) is 0.945. The van der Waals surface area contributed by atoms with Crippen LogP contribution in [0.25, 0.3) is 11.4 Å². The summed E-state index contributed by atoms with van der Waals surface area (Å²) < 4.78 is 0. The minimum Gasteiger partial charge on any atom is -0.341 e. The van der Waals surface area contributed by atoms with Gasteiger partial charge in [0.1, 0.15) is 5.82 Å². The van der Waals surface area contributed by atoms with Crippen LogP contribution in [0.2, 0.25) is 5.02 Å². The van der Waals surface area contributed by atoms with Crippen molar-refractivity contribution in [1.82, 2.24) is 14.9 Å². The van der Waals surface area contributed by atoms with Gasteiger partial charge in [-0.05, 0) is 24.3 Å². The number of hydrogen-bond acceptors (Lipinski definition) is 3. The third-order valence-corrected chi connectivity index (χ3v) is 4.65. The number of halogens is 1. The molecule has 1 amide bonds. The van der Waals surface area contributed by atoms with Crippen LogP contribution in [0.15, 0.2) is 30.5 Å². The summed E-state index contributed by atoms with van der Waals surface area (Å²) in [5.74, 6) is 3.00. The van der Waals surface area contributed by atoms with Crippen LogP contribution in [0, 0.1) is 0 Å². The standard InChI is InChI=1S/C15H16ClN3OS/c16-12-3-1-11(2-4-12)15-17-10-13(18-15)9-14(20)19-5-7-21-8-6-19/h1-4,10H,5-9H2,(H,17,18). The van der Waals surface area contributed by atoms with Crippen LogP contribution in [0.3, 0.4) is 0 Å². The molecule has 1 aromatic carbocycles. The van der Waals surface area contributed by atoms with Crippen molar-refractivity contribution in [2.75, 3.05) is 24.6 Å². The molecule has 0 radical (unpaired) electrons. The molecule has 3 rings (SSSR count). The number of aromatic nitrogens is 2. The maximum atomic E-state index is 12.2. The fourth-order valence-electron chi connectivity index (χ4n) is 2.29. The van der Waals surface area contributed by atoms with Crippen molar-refractivity contribution in [3.63, 3.8) is 0 Å². The molecule has 1 aromatic heterocycles. The molecule has 0 saturated carbocycles. The molecular formula is C15H16ClN3OS. The third-order valence-electron chi connectivity index (χ3n) is 3.45. The highest BCUT2D eigenvalue weighted by Crippen LogP contribution is 2.19. The van der Waals surface area contributed by atoms with E-state index < -0.39 is 0 Å². The number of benzene rings is 1. The molecule has 1 aliphatic rings. The van der Waals surface area contributed by atoms with E-state index in [1.165, 1.54) is 0 Å². The molecule has 21 heavy (non-hydrogen) atoms. The van der Waals surface area contributed by atoms with Gasteiger partial charge in [-0.3, -0.25) is 4.79 Å². The van der Waals surface area contributed by atoms with Gasteiger partial charge < -0.3 is 9.88 Å². The molecule has 0 aliphatic carbocycles. The molecular weight excluding hydrogens is 306 g/mol. The summed E-state index contributed by atoms with van der Waals surface area (Å²) in [5.41, 5.74) is 1.82. The molecule has 2 aromatic rings. The summed E-state index contributed by atoms with van der Waals surface area (Å²) in [6.07, 6.45) is 2.12. The molecule has 4 nitrogen and oxygen atoms in total. The van der Waals surface area contributed by atoms with Gasteiger partial charge in [0.15, 0.2) is 0 Å². The number of imidazole rings is 1. The molecule has 110 valence electrons. The van der Waals surface area contributed by atoms with Crippen molar-refractivity contribution in [3.8, 4) is 11.4 Å². The second kappa shape index (κ2) is 6.54. The van der Waals surface area contributed by atoms with E-state index in [4.69, 9.17) is 11.6 Å². The Morgan fingerprint density at radius 1 is 1.29 bits per heavy atom. The molecule has 1 aliphatic heterocycles. The Balaban J connectivity index is 1.67. The van der Waals surface area contributed by atoms with Crippen LogP contribution in [0.4, 0.5) is 0 Å². The number of hydrogen-bond donors (Lipinski definition) is 1. The first-order valence-electron chi connectivity index (χ1n) is 6.88. The van der Waals surface area contributed by atoms with E-state index >= 15 is 0 Å². The first kappa shape index (κ1) is 14.5. The Bertz CT molecular complexity index is 620. The Kier molecular flexibility index (Phi) is 4.51. The van der Waals surface area contributed by atoms with E-state index in [1.54, 1.807) is 6.20 Å². The summed E-state index contributed by atoms with van der Waals surface area (Å²) in [6.45, 7) is 1.70. The lowest BCUT2D eigenvalue weighted by Gasteiger charge is -2.26. The Morgan fingerprint density at radius 3 is 2.71 bits per heavy atom. The Labute approximate surface area is 132 Å². The Hall–Kier alpha value is -1.46. The highest BCUT2D eigenvalue weighted by molar-refractivity contribution is 7.99. The summed E-state index contributed by atoms with van der Waals surface area (Å²) >= 11 is 7.78. The maximum absolute atomic E-state index is 12.2. The number of thioether (sulfide) groups is 1. The summed E-state index contributed by atoms with van der Waals surface area (Å²) in [5, 5.41) is 0.698. The SMILES string of the molecule is O=C(Cc1cnc(-c2ccc(Cl)cc2)[nH]1)N1CCSCC1. The lowest BCUT2D eigenvalue weighted by atomic mass is 10.2. The summed E-state index contributed by atoms with van der Waals surface area (Å²) in [6, 6.07) is 7.48. The molecule has 1 saturated heterocycles. The average Bonchev–Trinajstić information content (AvgIpc) is 2.97. The summed E-state index contributed by atoms with van der Waals surface area (Å²) in [7, 11) is 0. The van der Waals surface area contributed by atoms with Gasteiger partial charge in [-0.2, -0.15) is 11.8 Å². The van der Waals surface area contributed by atoms with Crippen molar-refractivity contribution < 1.29 is 4.79 Å². The highest BCUT2D eigenvalue weighted by atomic mass is 35.5. The van der Waals surface area contributed by atoms with Crippen LogP contribution in [-0.2, 0) is 11.2 Å². The zero-order valence-corrected chi connectivity index (χ0v) is 13.1. The van der Waals surface area contributed by atoms with Gasteiger partial charge in [-0.15, -0.1) is 0 Å². The van der Waals surface area contributed by atoms with Crippen LogP contribution >= 0.6 is 23.4 Å². The van der Waals surface area contributed by atoms with Gasteiger partial charge in [0.05, 0.1) is 6.42 Å². The van der Waals surface area contributed by atoms with E-state index in [9.17, 15) is 4.79 Å². The molecule has 1 N–H and O–H groups in total. The topological polar surface area (TPSA) is 49.0 Å². The first-order chi connectivity index (χ1) is 10.2. The van der Waals surface area contributed by atoms with Gasteiger partial charge in [-0.25, -0.2) is 4.98 Å². The monoisotopic (exact) mass is 321 g/mol. The van der Waals surface area contributed by atoms with Gasteiger partial charge in [0.25, 0.3) is 0 Å². The van der Waals surface area contributed by atoms with E-state index in [2.05, 4.69) is 9.97 Å². The molecule has 0 spiro atoms. The number of nitrogens with zero attached hydrogens (tertiary/aromatic N) is 2. The second-order valence-corrected chi connectivity index (χ2v) is 6.60. The number of amides is 1. The first-order valence-corrected chi connectivity index (χ1v) is 8.41. The largest absolute Gasteiger partial charge is 0.341 e. The van der Waals surface area contributed by atoms with Crippen LogP contribution in [0.1, 0.15) is 5.69 Å². The van der Waals surface area contributed by atoms with E-state index in [0.29, 0.717) is 11.4 Å². The number of rotatable bonds is 3. The summed E-state index contributed by atoms with van der Waals surface area (Å²) in [4.78, 5) is 21.7. The predicted octanol–water partition coefficient (Wildman–Crippen LogP) is 2.85. The van der Waals surface area contributed by atoms with E-state index in [1.807, 2.05) is 40.9 Å². The number of carbonyl (C=O) groups excluding carboxylic acids is 1. The van der Waals surface area contributed by atoms with Crippen molar-refractivity contribution in [2.45, 2.75) is 6.42 Å². The number of aromatic amines is 1. The van der Waals surface area contributed by atoms with Gasteiger partial charge in [0, 0.05) is 47.1 Å².